The predicted octanol–water partition coefficient (Wildman–Crippen LogP) is 4.01. The largest absolute Gasteiger partial charge is 0.457 e. The normalized spacial score (nSPS) is 10.5. The third-order valence-corrected chi connectivity index (χ3v) is 4.01. The van der Waals surface area contributed by atoms with Gasteiger partial charge in [-0.05, 0) is 54.1 Å². The summed E-state index contributed by atoms with van der Waals surface area (Å²) in [6.45, 7) is -0.198. The highest BCUT2D eigenvalue weighted by atomic mass is 35.5. The molecule has 3 aromatic carbocycles. The molecule has 29 heavy (non-hydrogen) atoms. The van der Waals surface area contributed by atoms with Crippen LogP contribution in [0.4, 0.5) is 0 Å². The molecule has 2 N–H and O–H groups in total. The predicted molar refractivity (Wildman–Crippen MR) is 112 cm³/mol. The summed E-state index contributed by atoms with van der Waals surface area (Å²) >= 11 is 5.78. The summed E-state index contributed by atoms with van der Waals surface area (Å²) in [6.07, 6.45) is 1.50. The van der Waals surface area contributed by atoms with E-state index in [4.69, 9.17) is 16.3 Å². The van der Waals surface area contributed by atoms with Gasteiger partial charge in [0.05, 0.1) is 12.8 Å². The number of nitrogens with one attached hydrogen (secondary N) is 2. The number of ether oxygens (including phenoxy) is 1. The summed E-state index contributed by atoms with van der Waals surface area (Å²) in [7, 11) is 0. The van der Waals surface area contributed by atoms with Crippen LogP contribution in [0.15, 0.2) is 84.0 Å². The van der Waals surface area contributed by atoms with Crippen molar-refractivity contribution in [2.45, 2.75) is 0 Å². The number of hydrazone groups is 1. The third-order valence-electron chi connectivity index (χ3n) is 3.76. The molecule has 0 unspecified atom stereocenters. The van der Waals surface area contributed by atoms with Crippen molar-refractivity contribution in [2.75, 3.05) is 6.54 Å². The van der Waals surface area contributed by atoms with Crippen LogP contribution in [0.2, 0.25) is 5.02 Å². The molecule has 0 radical (unpaired) electrons. The van der Waals surface area contributed by atoms with E-state index in [-0.39, 0.29) is 12.5 Å². The fourth-order valence-corrected chi connectivity index (χ4v) is 2.49. The van der Waals surface area contributed by atoms with Crippen molar-refractivity contribution < 1.29 is 14.3 Å². The van der Waals surface area contributed by atoms with Crippen molar-refractivity contribution in [3.05, 3.63) is 95.0 Å². The lowest BCUT2D eigenvalue weighted by Gasteiger charge is -2.06. The molecule has 0 saturated heterocycles. The molecule has 0 heterocycles. The van der Waals surface area contributed by atoms with Gasteiger partial charge in [-0.15, -0.1) is 0 Å². The molecule has 3 aromatic rings. The Labute approximate surface area is 173 Å². The molecule has 0 atom stereocenters. The number of hydrogen-bond donors (Lipinski definition) is 2. The Morgan fingerprint density at radius 2 is 1.66 bits per heavy atom. The number of para-hydroxylation sites is 1. The average molecular weight is 408 g/mol. The first-order valence-electron chi connectivity index (χ1n) is 8.79. The highest BCUT2D eigenvalue weighted by molar-refractivity contribution is 6.30. The quantitative estimate of drug-likeness (QED) is 0.458. The minimum atomic E-state index is -0.444. The van der Waals surface area contributed by atoms with E-state index in [1.807, 2.05) is 48.5 Å². The van der Waals surface area contributed by atoms with Crippen LogP contribution in [-0.2, 0) is 4.79 Å². The van der Waals surface area contributed by atoms with Crippen LogP contribution in [0, 0.1) is 0 Å². The zero-order valence-electron chi connectivity index (χ0n) is 15.3. The molecule has 0 aromatic heterocycles. The first-order valence-corrected chi connectivity index (χ1v) is 9.16. The molecule has 6 nitrogen and oxygen atoms in total. The molecule has 0 spiro atoms. The van der Waals surface area contributed by atoms with E-state index in [9.17, 15) is 9.59 Å². The van der Waals surface area contributed by atoms with E-state index in [2.05, 4.69) is 15.8 Å². The topological polar surface area (TPSA) is 79.8 Å². The van der Waals surface area contributed by atoms with E-state index < -0.39 is 5.91 Å². The fraction of sp³-hybridized carbons (Fsp3) is 0.0455. The third kappa shape index (κ3) is 6.48. The number of benzene rings is 3. The van der Waals surface area contributed by atoms with Gasteiger partial charge >= 0.3 is 0 Å². The van der Waals surface area contributed by atoms with E-state index >= 15 is 0 Å². The molecule has 0 aliphatic rings. The van der Waals surface area contributed by atoms with E-state index in [1.165, 1.54) is 6.21 Å². The summed E-state index contributed by atoms with van der Waals surface area (Å²) < 4.78 is 5.76. The number of amides is 2. The number of carbonyl (C=O) groups is 2. The van der Waals surface area contributed by atoms with Gasteiger partial charge in [0.2, 0.25) is 0 Å². The van der Waals surface area contributed by atoms with Gasteiger partial charge in [-0.2, -0.15) is 5.10 Å². The van der Waals surface area contributed by atoms with Gasteiger partial charge in [-0.3, -0.25) is 9.59 Å². The maximum Gasteiger partial charge on any atom is 0.259 e. The maximum atomic E-state index is 12.0. The first-order chi connectivity index (χ1) is 14.1. The summed E-state index contributed by atoms with van der Waals surface area (Å²) in [5.74, 6) is 0.569. The van der Waals surface area contributed by atoms with Crippen molar-refractivity contribution in [1.82, 2.24) is 10.7 Å². The maximum absolute atomic E-state index is 12.0. The minimum Gasteiger partial charge on any atom is -0.457 e. The minimum absolute atomic E-state index is 0.198. The zero-order valence-corrected chi connectivity index (χ0v) is 16.1. The molecule has 0 fully saturated rings. The molecule has 0 aliphatic carbocycles. The Kier molecular flexibility index (Phi) is 6.97. The van der Waals surface area contributed by atoms with Gasteiger partial charge in [0.1, 0.15) is 11.5 Å². The van der Waals surface area contributed by atoms with Gasteiger partial charge in [-0.1, -0.05) is 41.9 Å². The van der Waals surface area contributed by atoms with Crippen LogP contribution in [0.1, 0.15) is 15.9 Å². The van der Waals surface area contributed by atoms with Crippen molar-refractivity contribution >= 4 is 29.6 Å². The molecule has 3 rings (SSSR count). The van der Waals surface area contributed by atoms with E-state index in [1.54, 1.807) is 30.3 Å². The molecular weight excluding hydrogens is 390 g/mol. The van der Waals surface area contributed by atoms with Gasteiger partial charge in [0.25, 0.3) is 11.8 Å². The molecule has 7 heteroatoms. The molecule has 0 aliphatic heterocycles. The lowest BCUT2D eigenvalue weighted by Crippen LogP contribution is -2.34. The number of carbonyl (C=O) groups excluding carboxylic acids is 2. The van der Waals surface area contributed by atoms with E-state index in [0.717, 1.165) is 11.3 Å². The SMILES string of the molecule is O=C(CNC(=O)c1ccc(Cl)cc1)N/N=C\c1cccc(Oc2ccccc2)c1. The molecule has 0 saturated carbocycles. The number of rotatable bonds is 7. The van der Waals surface area contributed by atoms with Crippen LogP contribution < -0.4 is 15.5 Å². The second-order valence-electron chi connectivity index (χ2n) is 5.97. The Balaban J connectivity index is 1.48. The van der Waals surface area contributed by atoms with E-state index in [0.29, 0.717) is 16.3 Å². The summed E-state index contributed by atoms with van der Waals surface area (Å²) in [5.41, 5.74) is 3.54. The van der Waals surface area contributed by atoms with Crippen LogP contribution in [0.3, 0.4) is 0 Å². The van der Waals surface area contributed by atoms with Crippen molar-refractivity contribution in [2.24, 2.45) is 5.10 Å². The molecule has 2 amide bonds. The van der Waals surface area contributed by atoms with Crippen LogP contribution in [0.5, 0.6) is 11.5 Å². The Morgan fingerprint density at radius 1 is 0.931 bits per heavy atom. The van der Waals surface area contributed by atoms with Crippen LogP contribution >= 0.6 is 11.6 Å². The molecular formula is C22H18ClN3O3. The van der Waals surface area contributed by atoms with Gasteiger partial charge in [0.15, 0.2) is 0 Å². The average Bonchev–Trinajstić information content (AvgIpc) is 2.73. The summed E-state index contributed by atoms with van der Waals surface area (Å²) in [6, 6.07) is 23.1. The van der Waals surface area contributed by atoms with Crippen LogP contribution in [-0.4, -0.2) is 24.6 Å². The second-order valence-corrected chi connectivity index (χ2v) is 6.41. The lowest BCUT2D eigenvalue weighted by atomic mass is 10.2. The highest BCUT2D eigenvalue weighted by Crippen LogP contribution is 2.21. The van der Waals surface area contributed by atoms with Crippen molar-refractivity contribution in [3.63, 3.8) is 0 Å². The van der Waals surface area contributed by atoms with Crippen molar-refractivity contribution in [3.8, 4) is 11.5 Å². The smallest absolute Gasteiger partial charge is 0.259 e. The Bertz CT molecular complexity index is 1010. The first kappa shape index (κ1) is 20.1. The molecule has 0 bridgehead atoms. The Morgan fingerprint density at radius 3 is 2.41 bits per heavy atom. The zero-order chi connectivity index (χ0) is 20.5. The molecule has 146 valence electrons. The number of halogens is 1. The summed E-state index contributed by atoms with van der Waals surface area (Å²) in [5, 5.41) is 6.95. The highest BCUT2D eigenvalue weighted by Gasteiger charge is 2.07. The monoisotopic (exact) mass is 407 g/mol. The Hall–Kier alpha value is -3.64. The van der Waals surface area contributed by atoms with Gasteiger partial charge < -0.3 is 10.1 Å². The summed E-state index contributed by atoms with van der Waals surface area (Å²) in [4.78, 5) is 23.8. The van der Waals surface area contributed by atoms with Crippen molar-refractivity contribution in [1.29, 1.82) is 0 Å². The van der Waals surface area contributed by atoms with Crippen LogP contribution in [0.25, 0.3) is 0 Å². The van der Waals surface area contributed by atoms with Gasteiger partial charge in [-0.25, -0.2) is 5.43 Å². The standard InChI is InChI=1S/C22H18ClN3O3/c23-18-11-9-17(10-12-18)22(28)24-15-21(27)26-25-14-16-5-4-8-20(13-16)29-19-6-2-1-3-7-19/h1-14H,15H2,(H,24,28)(H,26,27)/b25-14-. The number of nitrogens with zero attached hydrogens (tertiary/aromatic N) is 1. The van der Waals surface area contributed by atoms with Gasteiger partial charge in [0, 0.05) is 10.6 Å². The lowest BCUT2D eigenvalue weighted by molar-refractivity contribution is -0.120. The second kappa shape index (κ2) is 10.1. The number of hydrogen-bond acceptors (Lipinski definition) is 4. The fourth-order valence-electron chi connectivity index (χ4n) is 2.37.